The van der Waals surface area contributed by atoms with Gasteiger partial charge in [0.1, 0.15) is 7.11 Å². The first-order valence-corrected chi connectivity index (χ1v) is 5.71. The van der Waals surface area contributed by atoms with E-state index in [9.17, 15) is 13.2 Å². The maximum atomic E-state index is 12.6. The zero-order chi connectivity index (χ0) is 14.6. The minimum absolute atomic E-state index is 0.273. The Kier molecular flexibility index (Phi) is 4.02. The summed E-state index contributed by atoms with van der Waals surface area (Å²) in [4.78, 5) is 8.50. The average molecular weight is 280 g/mol. The zero-order valence-corrected chi connectivity index (χ0v) is 10.6. The molecule has 2 rings (SSSR count). The van der Waals surface area contributed by atoms with Crippen LogP contribution < -0.4 is 0 Å². The quantitative estimate of drug-likeness (QED) is 0.634. The second kappa shape index (κ2) is 5.73. The van der Waals surface area contributed by atoms with Gasteiger partial charge in [-0.3, -0.25) is 4.98 Å². The van der Waals surface area contributed by atoms with Crippen LogP contribution in [0.25, 0.3) is 11.3 Å². The Bertz CT molecular complexity index is 607. The molecule has 1 heterocycles. The van der Waals surface area contributed by atoms with Crippen molar-refractivity contribution in [2.45, 2.75) is 6.18 Å². The molecule has 0 amide bonds. The number of alkyl halides is 3. The van der Waals surface area contributed by atoms with E-state index in [0.717, 1.165) is 23.9 Å². The number of nitrogens with zero attached hydrogens (tertiary/aromatic N) is 2. The van der Waals surface area contributed by atoms with Gasteiger partial charge in [-0.25, -0.2) is 0 Å². The van der Waals surface area contributed by atoms with Crippen molar-refractivity contribution in [1.29, 1.82) is 0 Å². The van der Waals surface area contributed by atoms with E-state index in [1.165, 1.54) is 13.3 Å². The number of benzene rings is 1. The summed E-state index contributed by atoms with van der Waals surface area (Å²) >= 11 is 0. The third kappa shape index (κ3) is 3.34. The fourth-order valence-electron chi connectivity index (χ4n) is 1.62. The van der Waals surface area contributed by atoms with Gasteiger partial charge < -0.3 is 4.84 Å². The molecule has 20 heavy (non-hydrogen) atoms. The molecule has 1 aromatic heterocycles. The van der Waals surface area contributed by atoms with Crippen molar-refractivity contribution in [3.05, 3.63) is 53.7 Å². The molecule has 0 radical (unpaired) electrons. The lowest BCUT2D eigenvalue weighted by atomic mass is 10.1. The van der Waals surface area contributed by atoms with Crippen LogP contribution in [-0.2, 0) is 11.0 Å². The van der Waals surface area contributed by atoms with Crippen LogP contribution in [0, 0.1) is 0 Å². The lowest BCUT2D eigenvalue weighted by molar-refractivity contribution is -0.137. The van der Waals surface area contributed by atoms with Crippen LogP contribution in [0.2, 0.25) is 0 Å². The van der Waals surface area contributed by atoms with E-state index < -0.39 is 11.7 Å². The Morgan fingerprint density at radius 2 is 1.85 bits per heavy atom. The van der Waals surface area contributed by atoms with Crippen LogP contribution in [0.4, 0.5) is 13.2 Å². The molecule has 3 nitrogen and oxygen atoms in total. The highest BCUT2D eigenvalue weighted by molar-refractivity contribution is 5.80. The SMILES string of the molecule is CO/N=C\c1ccc(-c2cc(C(F)(F)F)ccn2)cc1. The van der Waals surface area contributed by atoms with Crippen molar-refractivity contribution >= 4 is 6.21 Å². The van der Waals surface area contributed by atoms with Crippen LogP contribution in [0.3, 0.4) is 0 Å². The van der Waals surface area contributed by atoms with E-state index in [2.05, 4.69) is 15.0 Å². The summed E-state index contributed by atoms with van der Waals surface area (Å²) in [5, 5.41) is 3.60. The molecule has 0 fully saturated rings. The van der Waals surface area contributed by atoms with Crippen molar-refractivity contribution in [3.8, 4) is 11.3 Å². The molecule has 0 N–H and O–H groups in total. The Hall–Kier alpha value is -2.37. The highest BCUT2D eigenvalue weighted by Gasteiger charge is 2.30. The highest BCUT2D eigenvalue weighted by Crippen LogP contribution is 2.31. The normalized spacial score (nSPS) is 11.8. The number of hydrogen-bond acceptors (Lipinski definition) is 3. The molecular formula is C14H11F3N2O. The number of aromatic nitrogens is 1. The van der Waals surface area contributed by atoms with Crippen LogP contribution in [0.5, 0.6) is 0 Å². The Morgan fingerprint density at radius 3 is 2.45 bits per heavy atom. The monoisotopic (exact) mass is 280 g/mol. The van der Waals surface area contributed by atoms with E-state index >= 15 is 0 Å². The van der Waals surface area contributed by atoms with Crippen LogP contribution in [-0.4, -0.2) is 18.3 Å². The van der Waals surface area contributed by atoms with Gasteiger partial charge in [0.2, 0.25) is 0 Å². The van der Waals surface area contributed by atoms with Crippen LogP contribution in [0.1, 0.15) is 11.1 Å². The summed E-state index contributed by atoms with van der Waals surface area (Å²) in [5.41, 5.74) is 0.941. The van der Waals surface area contributed by atoms with Crippen molar-refractivity contribution in [3.63, 3.8) is 0 Å². The van der Waals surface area contributed by atoms with Gasteiger partial charge in [0.05, 0.1) is 17.5 Å². The van der Waals surface area contributed by atoms with Gasteiger partial charge >= 0.3 is 6.18 Å². The Labute approximate surface area is 113 Å². The fraction of sp³-hybridized carbons (Fsp3) is 0.143. The van der Waals surface area contributed by atoms with Gasteiger partial charge in [-0.15, -0.1) is 0 Å². The third-order valence-corrected chi connectivity index (χ3v) is 2.60. The van der Waals surface area contributed by atoms with E-state index in [-0.39, 0.29) is 5.69 Å². The summed E-state index contributed by atoms with van der Waals surface area (Å²) < 4.78 is 37.9. The molecule has 0 aliphatic carbocycles. The molecule has 0 spiro atoms. The molecule has 0 bridgehead atoms. The second-order valence-electron chi connectivity index (χ2n) is 3.97. The van der Waals surface area contributed by atoms with Crippen LogP contribution >= 0.6 is 0 Å². The van der Waals surface area contributed by atoms with Crippen LogP contribution in [0.15, 0.2) is 47.8 Å². The topological polar surface area (TPSA) is 34.5 Å². The van der Waals surface area contributed by atoms with Gasteiger partial charge in [-0.2, -0.15) is 13.2 Å². The molecule has 6 heteroatoms. The standard InChI is InChI=1S/C14H11F3N2O/c1-20-19-9-10-2-4-11(5-3-10)13-8-12(6-7-18-13)14(15,16)17/h2-9H,1H3/b19-9-. The smallest absolute Gasteiger partial charge is 0.399 e. The number of halogens is 3. The predicted molar refractivity (Wildman–Crippen MR) is 69.3 cm³/mol. The highest BCUT2D eigenvalue weighted by atomic mass is 19.4. The molecule has 0 saturated carbocycles. The lowest BCUT2D eigenvalue weighted by Gasteiger charge is -2.08. The molecule has 0 unspecified atom stereocenters. The van der Waals surface area contributed by atoms with Gasteiger partial charge in [-0.1, -0.05) is 29.4 Å². The largest absolute Gasteiger partial charge is 0.416 e. The van der Waals surface area contributed by atoms with Gasteiger partial charge in [0, 0.05) is 11.8 Å². The minimum atomic E-state index is -4.37. The summed E-state index contributed by atoms with van der Waals surface area (Å²) in [7, 11) is 1.43. The molecule has 0 aliphatic heterocycles. The zero-order valence-electron chi connectivity index (χ0n) is 10.6. The summed E-state index contributed by atoms with van der Waals surface area (Å²) in [6.45, 7) is 0. The maximum Gasteiger partial charge on any atom is 0.416 e. The van der Waals surface area contributed by atoms with E-state index in [1.807, 2.05) is 0 Å². The Morgan fingerprint density at radius 1 is 1.15 bits per heavy atom. The third-order valence-electron chi connectivity index (χ3n) is 2.60. The molecule has 0 saturated heterocycles. The van der Waals surface area contributed by atoms with E-state index in [4.69, 9.17) is 0 Å². The second-order valence-corrected chi connectivity index (χ2v) is 3.97. The molecule has 0 atom stereocenters. The molecular weight excluding hydrogens is 269 g/mol. The number of oxime groups is 1. The number of hydrogen-bond donors (Lipinski definition) is 0. The summed E-state index contributed by atoms with van der Waals surface area (Å²) in [5.74, 6) is 0. The fourth-order valence-corrected chi connectivity index (χ4v) is 1.62. The molecule has 0 aliphatic rings. The lowest BCUT2D eigenvalue weighted by Crippen LogP contribution is -2.05. The van der Waals surface area contributed by atoms with Gasteiger partial charge in [0.25, 0.3) is 0 Å². The molecule has 1 aromatic carbocycles. The number of rotatable bonds is 3. The number of pyridine rings is 1. The van der Waals surface area contributed by atoms with E-state index in [0.29, 0.717) is 5.56 Å². The molecule has 104 valence electrons. The Balaban J connectivity index is 2.30. The van der Waals surface area contributed by atoms with Crippen molar-refractivity contribution in [2.75, 3.05) is 7.11 Å². The van der Waals surface area contributed by atoms with Crippen molar-refractivity contribution < 1.29 is 18.0 Å². The van der Waals surface area contributed by atoms with Crippen molar-refractivity contribution in [1.82, 2.24) is 4.98 Å². The first-order chi connectivity index (χ1) is 9.50. The van der Waals surface area contributed by atoms with E-state index in [1.54, 1.807) is 24.3 Å². The summed E-state index contributed by atoms with van der Waals surface area (Å²) in [6, 6.07) is 8.78. The van der Waals surface area contributed by atoms with Gasteiger partial charge in [0.15, 0.2) is 0 Å². The molecule has 2 aromatic rings. The van der Waals surface area contributed by atoms with Gasteiger partial charge in [-0.05, 0) is 17.7 Å². The minimum Gasteiger partial charge on any atom is -0.399 e. The summed E-state index contributed by atoms with van der Waals surface area (Å²) in [6.07, 6.45) is -1.72. The first-order valence-electron chi connectivity index (χ1n) is 5.71. The maximum absolute atomic E-state index is 12.6. The predicted octanol–water partition coefficient (Wildman–Crippen LogP) is 3.75. The first kappa shape index (κ1) is 14.0. The van der Waals surface area contributed by atoms with Crippen molar-refractivity contribution in [2.24, 2.45) is 5.16 Å². The average Bonchev–Trinajstić information content (AvgIpc) is 2.45.